The van der Waals surface area contributed by atoms with Crippen LogP contribution in [0.4, 0.5) is 5.69 Å². The largest absolute Gasteiger partial charge is 0.353 e. The predicted octanol–water partition coefficient (Wildman–Crippen LogP) is 2.23. The molecule has 0 spiro atoms. The van der Waals surface area contributed by atoms with Crippen LogP contribution in [0.2, 0.25) is 0 Å². The molecule has 104 valence electrons. The van der Waals surface area contributed by atoms with Crippen LogP contribution in [0, 0.1) is 16.0 Å². The maximum Gasteiger partial charge on any atom is 0.287 e. The average molecular weight is 265 g/mol. The smallest absolute Gasteiger partial charge is 0.287 e. The summed E-state index contributed by atoms with van der Waals surface area (Å²) in [7, 11) is 0. The van der Waals surface area contributed by atoms with Gasteiger partial charge in [-0.2, -0.15) is 0 Å². The molecule has 1 aliphatic carbocycles. The molecular formula is C13H19N3O3. The summed E-state index contributed by atoms with van der Waals surface area (Å²) < 4.78 is 0. The Labute approximate surface area is 111 Å². The summed E-state index contributed by atoms with van der Waals surface area (Å²) in [5.41, 5.74) is 0.256. The van der Waals surface area contributed by atoms with Gasteiger partial charge in [0.25, 0.3) is 5.69 Å². The van der Waals surface area contributed by atoms with Crippen LogP contribution in [0.15, 0.2) is 12.3 Å². The number of hydrogen-bond donors (Lipinski definition) is 1. The molecule has 0 unspecified atom stereocenters. The highest BCUT2D eigenvalue weighted by molar-refractivity contribution is 5.96. The van der Waals surface area contributed by atoms with E-state index >= 15 is 0 Å². The molecule has 19 heavy (non-hydrogen) atoms. The van der Waals surface area contributed by atoms with Crippen molar-refractivity contribution in [2.45, 2.75) is 32.7 Å². The van der Waals surface area contributed by atoms with Crippen LogP contribution in [-0.2, 0) is 0 Å². The maximum atomic E-state index is 12.1. The van der Waals surface area contributed by atoms with Gasteiger partial charge in [-0.15, -0.1) is 0 Å². The number of nitrogens with zero attached hydrogens (tertiary/aromatic N) is 2. The highest BCUT2D eigenvalue weighted by atomic mass is 16.6. The van der Waals surface area contributed by atoms with Gasteiger partial charge in [-0.05, 0) is 18.8 Å². The van der Waals surface area contributed by atoms with Crippen molar-refractivity contribution in [1.29, 1.82) is 0 Å². The number of aromatic nitrogens is 1. The molecule has 6 nitrogen and oxygen atoms in total. The molecule has 1 aromatic rings. The first-order chi connectivity index (χ1) is 8.97. The predicted molar refractivity (Wildman–Crippen MR) is 71.2 cm³/mol. The lowest BCUT2D eigenvalue weighted by Gasteiger charge is -2.22. The Morgan fingerprint density at radius 3 is 2.74 bits per heavy atom. The van der Waals surface area contributed by atoms with Crippen molar-refractivity contribution in [2.24, 2.45) is 5.92 Å². The Morgan fingerprint density at radius 2 is 2.26 bits per heavy atom. The molecule has 0 saturated heterocycles. The number of aromatic amines is 1. The number of ketones is 1. The van der Waals surface area contributed by atoms with Gasteiger partial charge in [-0.3, -0.25) is 19.8 Å². The van der Waals surface area contributed by atoms with E-state index in [2.05, 4.69) is 23.7 Å². The van der Waals surface area contributed by atoms with Gasteiger partial charge in [0.15, 0.2) is 5.78 Å². The normalized spacial score (nSPS) is 15.2. The van der Waals surface area contributed by atoms with Crippen LogP contribution in [0.3, 0.4) is 0 Å². The molecule has 1 aliphatic rings. The molecule has 1 heterocycles. The monoisotopic (exact) mass is 265 g/mol. The van der Waals surface area contributed by atoms with E-state index in [9.17, 15) is 14.9 Å². The zero-order valence-electron chi connectivity index (χ0n) is 11.3. The maximum absolute atomic E-state index is 12.1. The topological polar surface area (TPSA) is 79.2 Å². The third-order valence-corrected chi connectivity index (χ3v) is 3.19. The molecule has 1 aromatic heterocycles. The molecule has 0 aromatic carbocycles. The zero-order valence-corrected chi connectivity index (χ0v) is 11.3. The average Bonchev–Trinajstić information content (AvgIpc) is 3.04. The molecule has 0 atom stereocenters. The van der Waals surface area contributed by atoms with Crippen LogP contribution in [0.5, 0.6) is 0 Å². The van der Waals surface area contributed by atoms with Crippen LogP contribution < -0.4 is 0 Å². The summed E-state index contributed by atoms with van der Waals surface area (Å²) in [5, 5.41) is 10.6. The van der Waals surface area contributed by atoms with Crippen LogP contribution >= 0.6 is 0 Å². The molecule has 1 saturated carbocycles. The lowest BCUT2D eigenvalue weighted by atomic mass is 10.2. The Bertz CT molecular complexity index is 477. The van der Waals surface area contributed by atoms with Crippen molar-refractivity contribution in [3.8, 4) is 0 Å². The van der Waals surface area contributed by atoms with Crippen molar-refractivity contribution in [3.05, 3.63) is 28.1 Å². The first kappa shape index (κ1) is 13.7. The standard InChI is InChI=1S/C13H19N3O3/c1-9(2)7-15(10-3-4-10)8-13(17)12-5-11(6-14-12)16(18)19/h5-6,9-10,14H,3-4,7-8H2,1-2H3. The Balaban J connectivity index is 1.99. The minimum Gasteiger partial charge on any atom is -0.353 e. The van der Waals surface area contributed by atoms with Gasteiger partial charge in [0.2, 0.25) is 0 Å². The number of nitrogens with one attached hydrogen (secondary N) is 1. The third-order valence-electron chi connectivity index (χ3n) is 3.19. The highest BCUT2D eigenvalue weighted by Crippen LogP contribution is 2.27. The SMILES string of the molecule is CC(C)CN(CC(=O)c1cc([N+](=O)[O-])c[nH]1)C1CC1. The zero-order chi connectivity index (χ0) is 14.0. The summed E-state index contributed by atoms with van der Waals surface area (Å²) >= 11 is 0. The number of nitro groups is 1. The van der Waals surface area contributed by atoms with Crippen LogP contribution in [0.25, 0.3) is 0 Å². The lowest BCUT2D eigenvalue weighted by molar-refractivity contribution is -0.384. The molecule has 6 heteroatoms. The number of carbonyl (C=O) groups excluding carboxylic acids is 1. The number of carbonyl (C=O) groups is 1. The van der Waals surface area contributed by atoms with Gasteiger partial charge < -0.3 is 4.98 Å². The summed E-state index contributed by atoms with van der Waals surface area (Å²) in [4.78, 5) is 27.1. The van der Waals surface area contributed by atoms with Crippen molar-refractivity contribution in [2.75, 3.05) is 13.1 Å². The Kier molecular flexibility index (Phi) is 3.99. The van der Waals surface area contributed by atoms with E-state index < -0.39 is 4.92 Å². The lowest BCUT2D eigenvalue weighted by Crippen LogP contribution is -2.35. The molecule has 0 aliphatic heterocycles. The van der Waals surface area contributed by atoms with Gasteiger partial charge in [0, 0.05) is 18.7 Å². The van der Waals surface area contributed by atoms with E-state index in [-0.39, 0.29) is 11.5 Å². The number of Topliss-reactive ketones (excluding diaryl/α,β-unsaturated/α-hetero) is 1. The Hall–Kier alpha value is -1.69. The summed E-state index contributed by atoms with van der Waals surface area (Å²) in [6.07, 6.45) is 3.55. The first-order valence-electron chi connectivity index (χ1n) is 6.57. The molecule has 0 radical (unpaired) electrons. The van der Waals surface area contributed by atoms with E-state index in [1.807, 2.05) is 0 Å². The van der Waals surface area contributed by atoms with Gasteiger partial charge in [0.1, 0.15) is 0 Å². The molecular weight excluding hydrogens is 246 g/mol. The molecule has 1 fully saturated rings. The second kappa shape index (κ2) is 5.52. The number of H-pyrrole nitrogens is 1. The minimum atomic E-state index is -0.500. The quantitative estimate of drug-likeness (QED) is 0.466. The molecule has 0 bridgehead atoms. The minimum absolute atomic E-state index is 0.0646. The van der Waals surface area contributed by atoms with Gasteiger partial charge in [-0.1, -0.05) is 13.8 Å². The fourth-order valence-electron chi connectivity index (χ4n) is 2.17. The number of hydrogen-bond acceptors (Lipinski definition) is 4. The van der Waals surface area contributed by atoms with E-state index in [1.165, 1.54) is 12.3 Å². The van der Waals surface area contributed by atoms with Crippen molar-refractivity contribution in [1.82, 2.24) is 9.88 Å². The van der Waals surface area contributed by atoms with Crippen LogP contribution in [0.1, 0.15) is 37.2 Å². The fraction of sp³-hybridized carbons (Fsp3) is 0.615. The van der Waals surface area contributed by atoms with Gasteiger partial charge in [-0.25, -0.2) is 0 Å². The summed E-state index contributed by atoms with van der Waals surface area (Å²) in [5.74, 6) is 0.423. The second-order valence-electron chi connectivity index (χ2n) is 5.51. The Morgan fingerprint density at radius 1 is 1.58 bits per heavy atom. The van der Waals surface area contributed by atoms with Crippen molar-refractivity contribution >= 4 is 11.5 Å². The summed E-state index contributed by atoms with van der Waals surface area (Å²) in [6.45, 7) is 5.47. The van der Waals surface area contributed by atoms with Crippen LogP contribution in [-0.4, -0.2) is 39.7 Å². The molecule has 0 amide bonds. The van der Waals surface area contributed by atoms with E-state index in [0.717, 1.165) is 19.4 Å². The molecule has 2 rings (SSSR count). The summed E-state index contributed by atoms with van der Waals surface area (Å²) in [6, 6.07) is 1.82. The van der Waals surface area contributed by atoms with Gasteiger partial charge >= 0.3 is 0 Å². The van der Waals surface area contributed by atoms with E-state index in [4.69, 9.17) is 0 Å². The molecule has 1 N–H and O–H groups in total. The fourth-order valence-corrected chi connectivity index (χ4v) is 2.17. The number of rotatable bonds is 7. The van der Waals surface area contributed by atoms with E-state index in [1.54, 1.807) is 0 Å². The van der Waals surface area contributed by atoms with Gasteiger partial charge in [0.05, 0.1) is 23.4 Å². The second-order valence-corrected chi connectivity index (χ2v) is 5.51. The van der Waals surface area contributed by atoms with Crippen molar-refractivity contribution < 1.29 is 9.72 Å². The van der Waals surface area contributed by atoms with E-state index in [0.29, 0.717) is 24.2 Å². The first-order valence-corrected chi connectivity index (χ1v) is 6.57. The third kappa shape index (κ3) is 3.64. The highest BCUT2D eigenvalue weighted by Gasteiger charge is 2.31. The van der Waals surface area contributed by atoms with Crippen molar-refractivity contribution in [3.63, 3.8) is 0 Å².